The van der Waals surface area contributed by atoms with E-state index in [0.29, 0.717) is 42.5 Å². The van der Waals surface area contributed by atoms with Crippen molar-refractivity contribution in [2.45, 2.75) is 88.2 Å². The van der Waals surface area contributed by atoms with E-state index in [4.69, 9.17) is 9.97 Å². The minimum atomic E-state index is -0.293. The van der Waals surface area contributed by atoms with Crippen LogP contribution in [0.1, 0.15) is 62.5 Å². The minimum Gasteiger partial charge on any atom is -0.393 e. The van der Waals surface area contributed by atoms with Crippen LogP contribution in [0.5, 0.6) is 0 Å². The molecule has 1 saturated carbocycles. The number of carbonyl (C=O) groups is 1. The van der Waals surface area contributed by atoms with Gasteiger partial charge in [0, 0.05) is 61.3 Å². The van der Waals surface area contributed by atoms with Gasteiger partial charge >= 0.3 is 6.03 Å². The van der Waals surface area contributed by atoms with Gasteiger partial charge in [-0.2, -0.15) is 15.3 Å². The van der Waals surface area contributed by atoms with Gasteiger partial charge in [0.05, 0.1) is 18.5 Å². The Kier molecular flexibility index (Phi) is 8.72. The van der Waals surface area contributed by atoms with Gasteiger partial charge < -0.3 is 20.6 Å². The number of aliphatic hydroxyl groups is 1. The number of urea groups is 1. The van der Waals surface area contributed by atoms with Gasteiger partial charge in [0.1, 0.15) is 17.5 Å². The Morgan fingerprint density at radius 1 is 0.979 bits per heavy atom. The smallest absolute Gasteiger partial charge is 0.323 e. The van der Waals surface area contributed by atoms with Gasteiger partial charge in [0.25, 0.3) is 0 Å². The molecule has 1 aromatic carbocycles. The second-order valence-corrected chi connectivity index (χ2v) is 12.9. The summed E-state index contributed by atoms with van der Waals surface area (Å²) >= 11 is 0. The number of aromatic nitrogens is 5. The lowest BCUT2D eigenvalue weighted by Crippen LogP contribution is -2.49. The van der Waals surface area contributed by atoms with Crippen molar-refractivity contribution < 1.29 is 9.90 Å². The number of carbonyl (C=O) groups excluding carboxylic acids is 1. The van der Waals surface area contributed by atoms with E-state index < -0.39 is 0 Å². The van der Waals surface area contributed by atoms with E-state index in [0.717, 1.165) is 55.2 Å². The van der Waals surface area contributed by atoms with Crippen LogP contribution >= 0.6 is 0 Å². The molecule has 5 heterocycles. The van der Waals surface area contributed by atoms with E-state index in [-0.39, 0.29) is 36.3 Å². The Balaban J connectivity index is 1.05. The molecule has 4 aromatic rings. The predicted octanol–water partition coefficient (Wildman–Crippen LogP) is 4.78. The number of nitrogens with zero attached hydrogens (tertiary/aromatic N) is 8. The van der Waals surface area contributed by atoms with Crippen LogP contribution in [0.2, 0.25) is 0 Å². The van der Waals surface area contributed by atoms with E-state index in [2.05, 4.69) is 31.7 Å². The van der Waals surface area contributed by atoms with Gasteiger partial charge in [-0.1, -0.05) is 30.3 Å². The van der Waals surface area contributed by atoms with Crippen molar-refractivity contribution in [2.24, 2.45) is 7.05 Å². The molecule has 3 N–H and O–H groups in total. The number of nitrogens with one attached hydrogen (secondary N) is 2. The number of benzene rings is 1. The van der Waals surface area contributed by atoms with Gasteiger partial charge in [-0.3, -0.25) is 9.58 Å². The topological polar surface area (TPSA) is 148 Å². The normalized spacial score (nSPS) is 23.6. The van der Waals surface area contributed by atoms with E-state index in [1.54, 1.807) is 23.3 Å². The van der Waals surface area contributed by atoms with Crippen molar-refractivity contribution in [1.29, 1.82) is 5.26 Å². The van der Waals surface area contributed by atoms with Crippen LogP contribution in [-0.2, 0) is 13.6 Å². The van der Waals surface area contributed by atoms with Crippen LogP contribution in [0.25, 0.3) is 11.1 Å². The summed E-state index contributed by atoms with van der Waals surface area (Å²) in [6.45, 7) is 0.427. The number of hydrogen-bond acceptors (Lipinski definition) is 9. The second-order valence-electron chi connectivity index (χ2n) is 12.9. The number of aliphatic hydroxyl groups excluding tert-OH is 1. The third-order valence-electron chi connectivity index (χ3n) is 9.78. The molecular formula is C35H40N10O2. The number of fused-ring (bicyclic) bond motifs is 2. The Bertz CT molecular complexity index is 1720. The summed E-state index contributed by atoms with van der Waals surface area (Å²) in [7, 11) is 1.88. The number of anilines is 3. The first-order valence-corrected chi connectivity index (χ1v) is 16.5. The molecule has 2 bridgehead atoms. The highest BCUT2D eigenvalue weighted by Gasteiger charge is 2.42. The molecule has 47 heavy (non-hydrogen) atoms. The maximum Gasteiger partial charge on any atom is 0.323 e. The molecule has 3 aromatic heterocycles. The molecule has 2 atom stereocenters. The lowest BCUT2D eigenvalue weighted by molar-refractivity contribution is 0.126. The van der Waals surface area contributed by atoms with Crippen molar-refractivity contribution in [3.05, 3.63) is 78.4 Å². The zero-order valence-corrected chi connectivity index (χ0v) is 26.5. The van der Waals surface area contributed by atoms with Crippen molar-refractivity contribution in [3.63, 3.8) is 0 Å². The summed E-state index contributed by atoms with van der Waals surface area (Å²) in [5, 5.41) is 31.0. The van der Waals surface area contributed by atoms with Crippen LogP contribution in [0.3, 0.4) is 0 Å². The molecule has 242 valence electrons. The molecule has 3 aliphatic rings. The summed E-state index contributed by atoms with van der Waals surface area (Å²) in [6.07, 6.45) is 13.5. The molecule has 2 saturated heterocycles. The number of nitriles is 1. The SMILES string of the molecule is Cn1cc(-c2ccc(N(C(=O)NCc3ccccc3)C3CCC(Nc4ncc(C#N)c(N5C6CCC5CC(O)C6)n4)CC3)nc2)cn1. The standard InChI is InChI=1S/C35H40N10O2/c1-43-22-26(21-40-43)24-7-14-32(37-19-24)45(35(47)39-18-23-5-3-2-4-6-23)28-10-8-27(9-11-28)41-34-38-20-25(17-36)33(42-34)44-29-12-13-30(44)16-31(46)15-29/h2-7,14,19-22,27-31,46H,8-13,15-16,18H2,1H3,(H,39,47)(H,38,41,42). The molecule has 12 nitrogen and oxygen atoms in total. The minimum absolute atomic E-state index is 0.0339. The summed E-state index contributed by atoms with van der Waals surface area (Å²) in [6, 6.07) is 16.4. The maximum atomic E-state index is 13.8. The van der Waals surface area contributed by atoms with E-state index in [1.165, 1.54) is 0 Å². The Hall–Kier alpha value is -5.02. The van der Waals surface area contributed by atoms with Gasteiger partial charge in [-0.05, 0) is 69.1 Å². The average molecular weight is 633 g/mol. The fourth-order valence-corrected chi connectivity index (χ4v) is 7.46. The number of amides is 2. The summed E-state index contributed by atoms with van der Waals surface area (Å²) < 4.78 is 1.76. The van der Waals surface area contributed by atoms with Crippen LogP contribution in [0.15, 0.2) is 67.3 Å². The largest absolute Gasteiger partial charge is 0.393 e. The number of piperidine rings is 1. The molecule has 0 radical (unpaired) electrons. The van der Waals surface area contributed by atoms with Crippen LogP contribution in [-0.4, -0.2) is 66.1 Å². The maximum absolute atomic E-state index is 13.8. The van der Waals surface area contributed by atoms with E-state index in [1.807, 2.05) is 60.6 Å². The quantitative estimate of drug-likeness (QED) is 0.250. The first-order chi connectivity index (χ1) is 22.9. The summed E-state index contributed by atoms with van der Waals surface area (Å²) in [4.78, 5) is 31.9. The van der Waals surface area contributed by atoms with Crippen molar-refractivity contribution in [3.8, 4) is 17.2 Å². The molecule has 2 unspecified atom stereocenters. The number of aryl methyl sites for hydroxylation is 1. The molecule has 3 fully saturated rings. The highest BCUT2D eigenvalue weighted by Crippen LogP contribution is 2.40. The van der Waals surface area contributed by atoms with Crippen LogP contribution < -0.4 is 20.4 Å². The molecule has 1 aliphatic carbocycles. The highest BCUT2D eigenvalue weighted by molar-refractivity contribution is 5.91. The molecule has 12 heteroatoms. The molecule has 7 rings (SSSR count). The zero-order valence-electron chi connectivity index (χ0n) is 26.5. The molecule has 0 spiro atoms. The van der Waals surface area contributed by atoms with Crippen LogP contribution in [0, 0.1) is 11.3 Å². The first-order valence-electron chi connectivity index (χ1n) is 16.5. The zero-order chi connectivity index (χ0) is 32.3. The second kappa shape index (κ2) is 13.4. The van der Waals surface area contributed by atoms with Gasteiger partial charge in [-0.15, -0.1) is 0 Å². The molecule has 2 amide bonds. The fraction of sp³-hybridized carbons (Fsp3) is 0.429. The summed E-state index contributed by atoms with van der Waals surface area (Å²) in [5.74, 6) is 1.79. The molecular weight excluding hydrogens is 592 g/mol. The third kappa shape index (κ3) is 6.62. The average Bonchev–Trinajstić information content (AvgIpc) is 3.65. The lowest BCUT2D eigenvalue weighted by atomic mass is 9.90. The number of pyridine rings is 1. The third-order valence-corrected chi connectivity index (χ3v) is 9.78. The number of hydrogen-bond donors (Lipinski definition) is 3. The fourth-order valence-electron chi connectivity index (χ4n) is 7.46. The predicted molar refractivity (Wildman–Crippen MR) is 179 cm³/mol. The monoisotopic (exact) mass is 632 g/mol. The lowest BCUT2D eigenvalue weighted by Gasteiger charge is -2.38. The number of rotatable bonds is 8. The Labute approximate surface area is 274 Å². The van der Waals surface area contributed by atoms with Gasteiger partial charge in [-0.25, -0.2) is 14.8 Å². The highest BCUT2D eigenvalue weighted by atomic mass is 16.3. The Morgan fingerprint density at radius 3 is 2.40 bits per heavy atom. The van der Waals surface area contributed by atoms with Crippen molar-refractivity contribution >= 4 is 23.6 Å². The first kappa shape index (κ1) is 30.6. The molecule has 2 aliphatic heterocycles. The van der Waals surface area contributed by atoms with Crippen LogP contribution in [0.4, 0.5) is 22.4 Å². The van der Waals surface area contributed by atoms with E-state index >= 15 is 0 Å². The van der Waals surface area contributed by atoms with Gasteiger partial charge in [0.15, 0.2) is 5.82 Å². The Morgan fingerprint density at radius 2 is 1.74 bits per heavy atom. The van der Waals surface area contributed by atoms with Gasteiger partial charge in [0.2, 0.25) is 5.95 Å². The van der Waals surface area contributed by atoms with Crippen molar-refractivity contribution in [2.75, 3.05) is 15.1 Å². The summed E-state index contributed by atoms with van der Waals surface area (Å²) in [5.41, 5.74) is 3.41. The van der Waals surface area contributed by atoms with Crippen molar-refractivity contribution in [1.82, 2.24) is 30.0 Å². The van der Waals surface area contributed by atoms with E-state index in [9.17, 15) is 15.2 Å².